The maximum Gasteiger partial charge on any atom is 0.359 e. The highest BCUT2D eigenvalue weighted by molar-refractivity contribution is 5.80. The van der Waals surface area contributed by atoms with Crippen LogP contribution in [0, 0.1) is 5.92 Å². The van der Waals surface area contributed by atoms with Crippen LogP contribution < -0.4 is 0 Å². The lowest BCUT2D eigenvalue weighted by molar-refractivity contribution is -0.271. The number of ether oxygens (including phenoxy) is 1. The Kier molecular flexibility index (Phi) is 4.17. The minimum atomic E-state index is -2.39. The summed E-state index contributed by atoms with van der Waals surface area (Å²) in [5, 5.41) is 0. The Labute approximate surface area is 135 Å². The van der Waals surface area contributed by atoms with Gasteiger partial charge in [0, 0.05) is 12.0 Å². The van der Waals surface area contributed by atoms with Gasteiger partial charge in [-0.15, -0.1) is 0 Å². The largest absolute Gasteiger partial charge is 0.463 e. The van der Waals surface area contributed by atoms with Gasteiger partial charge in [-0.05, 0) is 45.1 Å². The number of hydrogen-bond acceptors (Lipinski definition) is 3. The van der Waals surface area contributed by atoms with Gasteiger partial charge in [0.2, 0.25) is 0 Å². The van der Waals surface area contributed by atoms with Gasteiger partial charge in [0.05, 0.1) is 6.61 Å². The lowest BCUT2D eigenvalue weighted by atomic mass is 9.70. The molecule has 2 aliphatic heterocycles. The van der Waals surface area contributed by atoms with Crippen LogP contribution in [0.1, 0.15) is 51.1 Å². The Balaban J connectivity index is 2.04. The molecule has 0 spiro atoms. The van der Waals surface area contributed by atoms with E-state index >= 15 is 8.78 Å². The molecule has 3 nitrogen and oxygen atoms in total. The molecule has 2 heterocycles. The average Bonchev–Trinajstić information content (AvgIpc) is 2.55. The molecule has 0 radical (unpaired) electrons. The highest BCUT2D eigenvalue weighted by Crippen LogP contribution is 2.57. The standard InChI is InChI=1S/C18H23F2NO2/c1-3-23-16(22)18(20)15-9-11-17(19,12-10-15)21(18)13(2)14-7-5-4-6-8-14/h4-8,13,15H,3,9-12H2,1-2H3/t13-,15-,17-,18-/m0/s1. The van der Waals surface area contributed by atoms with Crippen molar-refractivity contribution in [2.24, 2.45) is 5.92 Å². The number of nitrogens with zero attached hydrogens (tertiary/aromatic N) is 1. The number of benzene rings is 1. The van der Waals surface area contributed by atoms with Crippen LogP contribution in [0.25, 0.3) is 0 Å². The van der Waals surface area contributed by atoms with E-state index in [-0.39, 0.29) is 19.4 Å². The molecule has 0 unspecified atom stereocenters. The summed E-state index contributed by atoms with van der Waals surface area (Å²) in [7, 11) is 0. The van der Waals surface area contributed by atoms with Gasteiger partial charge in [-0.2, -0.15) is 0 Å². The number of piperidine rings is 2. The summed E-state index contributed by atoms with van der Waals surface area (Å²) in [6.07, 6.45) is 1.29. The number of alkyl halides is 2. The summed E-state index contributed by atoms with van der Waals surface area (Å²) in [4.78, 5) is 13.5. The van der Waals surface area contributed by atoms with E-state index in [1.807, 2.05) is 30.3 Å². The Morgan fingerprint density at radius 2 is 1.91 bits per heavy atom. The van der Waals surface area contributed by atoms with Gasteiger partial charge >= 0.3 is 5.97 Å². The number of hydrogen-bond donors (Lipinski definition) is 0. The second-order valence-corrected chi connectivity index (χ2v) is 6.54. The first kappa shape index (κ1) is 16.4. The number of rotatable bonds is 4. The first-order chi connectivity index (χ1) is 10.9. The SMILES string of the molecule is CCOC(=O)[C@]1(F)[C@H]2CC[C@@](F)(CC2)N1[C@@H](C)c1ccccc1. The van der Waals surface area contributed by atoms with Gasteiger partial charge in [0.1, 0.15) is 0 Å². The summed E-state index contributed by atoms with van der Waals surface area (Å²) in [6, 6.07) is 8.66. The molecule has 126 valence electrons. The number of carbonyl (C=O) groups is 1. The van der Waals surface area contributed by atoms with Crippen LogP contribution in [0.3, 0.4) is 0 Å². The molecule has 0 aromatic heterocycles. The Morgan fingerprint density at radius 1 is 1.30 bits per heavy atom. The highest BCUT2D eigenvalue weighted by atomic mass is 19.2. The molecule has 2 bridgehead atoms. The average molecular weight is 323 g/mol. The molecular weight excluding hydrogens is 300 g/mol. The Hall–Kier alpha value is -1.49. The molecular formula is C18H23F2NO2. The van der Waals surface area contributed by atoms with Gasteiger partial charge < -0.3 is 4.74 Å². The molecule has 0 N–H and O–H groups in total. The summed E-state index contributed by atoms with van der Waals surface area (Å²) in [6.45, 7) is 3.48. The van der Waals surface area contributed by atoms with E-state index in [9.17, 15) is 4.79 Å². The fourth-order valence-corrected chi connectivity index (χ4v) is 4.18. The van der Waals surface area contributed by atoms with Crippen molar-refractivity contribution in [3.63, 3.8) is 0 Å². The summed E-state index contributed by atoms with van der Waals surface area (Å²) in [5.41, 5.74) is 0.795. The van der Waals surface area contributed by atoms with Crippen molar-refractivity contribution in [3.8, 4) is 0 Å². The van der Waals surface area contributed by atoms with Crippen molar-refractivity contribution < 1.29 is 18.3 Å². The fourth-order valence-electron chi connectivity index (χ4n) is 4.18. The second kappa shape index (κ2) is 5.86. The molecule has 3 aliphatic rings. The molecule has 2 atom stereocenters. The van der Waals surface area contributed by atoms with Crippen molar-refractivity contribution in [1.29, 1.82) is 0 Å². The molecule has 0 amide bonds. The van der Waals surface area contributed by atoms with Gasteiger partial charge in [-0.3, -0.25) is 0 Å². The molecule has 4 rings (SSSR count). The van der Waals surface area contributed by atoms with Crippen LogP contribution in [0.2, 0.25) is 0 Å². The van der Waals surface area contributed by atoms with Crippen molar-refractivity contribution in [2.75, 3.05) is 6.61 Å². The predicted molar refractivity (Wildman–Crippen MR) is 83.0 cm³/mol. The summed E-state index contributed by atoms with van der Waals surface area (Å²) in [5.74, 6) is -5.65. The molecule has 2 saturated heterocycles. The Morgan fingerprint density at radius 3 is 2.48 bits per heavy atom. The normalized spacial score (nSPS) is 35.0. The van der Waals surface area contributed by atoms with Crippen molar-refractivity contribution >= 4 is 5.97 Å². The smallest absolute Gasteiger partial charge is 0.359 e. The van der Waals surface area contributed by atoms with Crippen molar-refractivity contribution in [2.45, 2.75) is 57.2 Å². The maximum absolute atomic E-state index is 15.9. The molecule has 1 aromatic rings. The van der Waals surface area contributed by atoms with Crippen LogP contribution in [0.4, 0.5) is 8.78 Å². The van der Waals surface area contributed by atoms with Crippen LogP contribution in [-0.4, -0.2) is 29.1 Å². The monoisotopic (exact) mass is 323 g/mol. The number of carbonyl (C=O) groups excluding carboxylic acids is 1. The van der Waals surface area contributed by atoms with Crippen LogP contribution in [0.15, 0.2) is 30.3 Å². The van der Waals surface area contributed by atoms with E-state index in [1.54, 1.807) is 13.8 Å². The Bertz CT molecular complexity index is 572. The zero-order valence-electron chi connectivity index (χ0n) is 13.6. The molecule has 1 aromatic carbocycles. The number of esters is 1. The lowest BCUT2D eigenvalue weighted by Crippen LogP contribution is -2.70. The van der Waals surface area contributed by atoms with E-state index < -0.39 is 29.5 Å². The molecule has 23 heavy (non-hydrogen) atoms. The highest BCUT2D eigenvalue weighted by Gasteiger charge is 2.67. The van der Waals surface area contributed by atoms with Crippen molar-refractivity contribution in [1.82, 2.24) is 4.90 Å². The number of fused-ring (bicyclic) bond motifs is 3. The second-order valence-electron chi connectivity index (χ2n) is 6.54. The minimum Gasteiger partial charge on any atom is -0.463 e. The predicted octanol–water partition coefficient (Wildman–Crippen LogP) is 4.15. The third kappa shape index (κ3) is 2.45. The van der Waals surface area contributed by atoms with Crippen molar-refractivity contribution in [3.05, 3.63) is 35.9 Å². The third-order valence-corrected chi connectivity index (χ3v) is 5.31. The summed E-state index contributed by atoms with van der Waals surface area (Å²) < 4.78 is 36.4. The molecule has 1 saturated carbocycles. The van der Waals surface area contributed by atoms with E-state index in [4.69, 9.17) is 4.74 Å². The quantitative estimate of drug-likeness (QED) is 0.616. The van der Waals surface area contributed by atoms with E-state index in [1.165, 1.54) is 0 Å². The number of halogens is 2. The zero-order chi connectivity index (χ0) is 16.7. The molecule has 1 aliphatic carbocycles. The van der Waals surface area contributed by atoms with Gasteiger partial charge in [0.15, 0.2) is 5.79 Å². The minimum absolute atomic E-state index is 0.0874. The zero-order valence-corrected chi connectivity index (χ0v) is 13.6. The van der Waals surface area contributed by atoms with Crippen LogP contribution in [-0.2, 0) is 9.53 Å². The third-order valence-electron chi connectivity index (χ3n) is 5.31. The first-order valence-electron chi connectivity index (χ1n) is 8.33. The van der Waals surface area contributed by atoms with E-state index in [2.05, 4.69) is 0 Å². The maximum atomic E-state index is 15.9. The fraction of sp³-hybridized carbons (Fsp3) is 0.611. The molecule has 5 heteroatoms. The first-order valence-corrected chi connectivity index (χ1v) is 8.33. The van der Waals surface area contributed by atoms with E-state index in [0.717, 1.165) is 10.5 Å². The van der Waals surface area contributed by atoms with Gasteiger partial charge in [-0.1, -0.05) is 30.3 Å². The summed E-state index contributed by atoms with van der Waals surface area (Å²) >= 11 is 0. The lowest BCUT2D eigenvalue weighted by Gasteiger charge is -2.58. The van der Waals surface area contributed by atoms with Crippen LogP contribution in [0.5, 0.6) is 0 Å². The topological polar surface area (TPSA) is 29.5 Å². The van der Waals surface area contributed by atoms with Gasteiger partial charge in [0.25, 0.3) is 5.79 Å². The van der Waals surface area contributed by atoms with Gasteiger partial charge in [-0.25, -0.2) is 18.5 Å². The molecule has 3 fully saturated rings. The van der Waals surface area contributed by atoms with E-state index in [0.29, 0.717) is 12.8 Å². The van der Waals surface area contributed by atoms with Crippen LogP contribution >= 0.6 is 0 Å².